The lowest BCUT2D eigenvalue weighted by Gasteiger charge is -1.86. The Morgan fingerprint density at radius 3 is 2.85 bits per heavy atom. The van der Waals surface area contributed by atoms with E-state index in [9.17, 15) is 8.42 Å². The molecule has 0 saturated carbocycles. The summed E-state index contributed by atoms with van der Waals surface area (Å²) >= 11 is 4.37. The summed E-state index contributed by atoms with van der Waals surface area (Å²) in [4.78, 5) is 4.26. The molecule has 9 heteroatoms. The van der Waals surface area contributed by atoms with E-state index in [1.807, 2.05) is 0 Å². The number of imidazole rings is 1. The van der Waals surface area contributed by atoms with Crippen LogP contribution in [0.5, 0.6) is 0 Å². The highest BCUT2D eigenvalue weighted by atomic mass is 79.9. The number of sulfonamides is 1. The molecule has 0 saturated heterocycles. The number of fused-ring (bicyclic) bond motifs is 1. The largest absolute Gasteiger partial charge is 0.257 e. The summed E-state index contributed by atoms with van der Waals surface area (Å²) < 4.78 is 23.7. The number of hydrogen-bond donors (Lipinski definition) is 1. The minimum atomic E-state index is -3.73. The molecule has 2 heterocycles. The van der Waals surface area contributed by atoms with Gasteiger partial charge in [-0.1, -0.05) is 11.3 Å². The van der Waals surface area contributed by atoms with Crippen molar-refractivity contribution in [1.82, 2.24) is 14.6 Å². The Hall–Kier alpha value is -0.510. The van der Waals surface area contributed by atoms with Crippen LogP contribution >= 0.6 is 27.3 Å². The molecular formula is C4H3BrN4O2S2. The number of hydrogen-bond acceptors (Lipinski definition) is 5. The van der Waals surface area contributed by atoms with E-state index in [2.05, 4.69) is 26.0 Å². The molecule has 70 valence electrons. The van der Waals surface area contributed by atoms with Gasteiger partial charge in [0.25, 0.3) is 10.0 Å². The van der Waals surface area contributed by atoms with E-state index in [1.165, 1.54) is 22.0 Å². The molecule has 2 aromatic rings. The van der Waals surface area contributed by atoms with E-state index in [0.717, 1.165) is 0 Å². The van der Waals surface area contributed by atoms with Crippen molar-refractivity contribution in [1.29, 1.82) is 0 Å². The van der Waals surface area contributed by atoms with Crippen LogP contribution in [0, 0.1) is 0 Å². The lowest BCUT2D eigenvalue weighted by Crippen LogP contribution is -2.12. The van der Waals surface area contributed by atoms with Crippen molar-refractivity contribution in [2.75, 3.05) is 0 Å². The molecule has 6 nitrogen and oxygen atoms in total. The average Bonchev–Trinajstić information content (AvgIpc) is 2.40. The predicted octanol–water partition coefficient (Wildman–Crippen LogP) is 0.201. The zero-order chi connectivity index (χ0) is 9.64. The molecule has 0 amide bonds. The maximum Gasteiger partial charge on any atom is 0.257 e. The molecule has 0 aliphatic rings. The lowest BCUT2D eigenvalue weighted by atomic mass is 10.9. The van der Waals surface area contributed by atoms with Gasteiger partial charge in [0, 0.05) is 0 Å². The molecule has 0 unspecified atom stereocenters. The molecule has 0 spiro atoms. The number of nitrogens with two attached hydrogens (primary N) is 1. The third-order valence-corrected chi connectivity index (χ3v) is 3.42. The third-order valence-electron chi connectivity index (χ3n) is 1.29. The van der Waals surface area contributed by atoms with E-state index in [0.29, 0.717) is 8.88 Å². The first-order chi connectivity index (χ1) is 5.97. The Bertz CT molecular complexity index is 524. The van der Waals surface area contributed by atoms with Crippen LogP contribution in [0.4, 0.5) is 0 Å². The first-order valence-corrected chi connectivity index (χ1v) is 6.17. The molecule has 2 rings (SSSR count). The highest BCUT2D eigenvalue weighted by Crippen LogP contribution is 2.20. The molecule has 0 fully saturated rings. The summed E-state index contributed by atoms with van der Waals surface area (Å²) in [6, 6.07) is 0. The van der Waals surface area contributed by atoms with E-state index in [1.54, 1.807) is 0 Å². The van der Waals surface area contributed by atoms with Crippen LogP contribution < -0.4 is 5.14 Å². The van der Waals surface area contributed by atoms with Crippen LogP contribution in [0.1, 0.15) is 0 Å². The van der Waals surface area contributed by atoms with E-state index in [-0.39, 0.29) is 5.03 Å². The van der Waals surface area contributed by atoms with Crippen LogP contribution in [-0.4, -0.2) is 23.0 Å². The van der Waals surface area contributed by atoms with Gasteiger partial charge < -0.3 is 0 Å². The van der Waals surface area contributed by atoms with Crippen LogP contribution in [-0.2, 0) is 10.0 Å². The van der Waals surface area contributed by atoms with Crippen molar-refractivity contribution in [3.8, 4) is 0 Å². The predicted molar refractivity (Wildman–Crippen MR) is 49.9 cm³/mol. The number of primary sulfonamides is 1. The molecular weight excluding hydrogens is 280 g/mol. The second kappa shape index (κ2) is 2.74. The van der Waals surface area contributed by atoms with Crippen LogP contribution in [0.25, 0.3) is 4.96 Å². The summed E-state index contributed by atoms with van der Waals surface area (Å²) in [5, 5.41) is 8.63. The fourth-order valence-electron chi connectivity index (χ4n) is 0.793. The quantitative estimate of drug-likeness (QED) is 0.809. The van der Waals surface area contributed by atoms with E-state index >= 15 is 0 Å². The fourth-order valence-corrected chi connectivity index (χ4v) is 2.53. The minimum absolute atomic E-state index is 0.168. The molecule has 0 aliphatic heterocycles. The number of halogens is 1. The second-order valence-corrected chi connectivity index (χ2v) is 5.95. The lowest BCUT2D eigenvalue weighted by molar-refractivity contribution is 0.595. The monoisotopic (exact) mass is 282 g/mol. The first-order valence-electron chi connectivity index (χ1n) is 3.01. The standard InChI is InChI=1S/C4H3BrN4O2S2/c5-3-8-9-1-2(13(6,10)11)7-4(9)12-3/h1H,(H2,6,10,11). The SMILES string of the molecule is NS(=O)(=O)c1cn2nc(Br)sc2n1. The molecule has 2 N–H and O–H groups in total. The highest BCUT2D eigenvalue weighted by molar-refractivity contribution is 9.11. The molecule has 0 atom stereocenters. The fraction of sp³-hybridized carbons (Fsp3) is 0. The first kappa shape index (κ1) is 9.06. The Morgan fingerprint density at radius 1 is 1.62 bits per heavy atom. The van der Waals surface area contributed by atoms with Crippen LogP contribution in [0.3, 0.4) is 0 Å². The Morgan fingerprint density at radius 2 is 2.31 bits per heavy atom. The maximum atomic E-state index is 10.9. The maximum absolute atomic E-state index is 10.9. The summed E-state index contributed by atoms with van der Waals surface area (Å²) in [5.41, 5.74) is 0. The van der Waals surface area contributed by atoms with Gasteiger partial charge in [0.05, 0.1) is 6.20 Å². The van der Waals surface area contributed by atoms with Gasteiger partial charge in [0.1, 0.15) is 0 Å². The molecule has 0 radical (unpaired) electrons. The van der Waals surface area contributed by atoms with E-state index < -0.39 is 10.0 Å². The molecule has 0 aromatic carbocycles. The molecule has 13 heavy (non-hydrogen) atoms. The van der Waals surface area contributed by atoms with Gasteiger partial charge in [-0.05, 0) is 15.9 Å². The zero-order valence-electron chi connectivity index (χ0n) is 6.01. The minimum Gasteiger partial charge on any atom is -0.223 e. The normalized spacial score (nSPS) is 12.5. The summed E-state index contributed by atoms with van der Waals surface area (Å²) in [5.74, 6) is 0. The molecule has 2 aromatic heterocycles. The van der Waals surface area contributed by atoms with Crippen molar-refractivity contribution in [2.45, 2.75) is 5.03 Å². The zero-order valence-corrected chi connectivity index (χ0v) is 9.23. The Balaban J connectivity index is 2.71. The highest BCUT2D eigenvalue weighted by Gasteiger charge is 2.14. The number of nitrogens with zero attached hydrogens (tertiary/aromatic N) is 3. The van der Waals surface area contributed by atoms with Gasteiger partial charge in [0.15, 0.2) is 8.94 Å². The van der Waals surface area contributed by atoms with Crippen molar-refractivity contribution in [2.24, 2.45) is 5.14 Å². The van der Waals surface area contributed by atoms with Crippen molar-refractivity contribution < 1.29 is 8.42 Å². The molecule has 0 bridgehead atoms. The average molecular weight is 283 g/mol. The van der Waals surface area contributed by atoms with Crippen molar-refractivity contribution in [3.05, 3.63) is 10.1 Å². The number of aromatic nitrogens is 3. The van der Waals surface area contributed by atoms with Gasteiger partial charge in [0.2, 0.25) is 4.96 Å². The van der Waals surface area contributed by atoms with Gasteiger partial charge in [-0.2, -0.15) is 0 Å². The Labute approximate surface area is 85.6 Å². The third kappa shape index (κ3) is 1.59. The summed E-state index contributed by atoms with van der Waals surface area (Å²) in [7, 11) is -3.73. The van der Waals surface area contributed by atoms with Crippen LogP contribution in [0.2, 0.25) is 0 Å². The second-order valence-electron chi connectivity index (χ2n) is 2.21. The van der Waals surface area contributed by atoms with Gasteiger partial charge in [-0.3, -0.25) is 0 Å². The smallest absolute Gasteiger partial charge is 0.223 e. The van der Waals surface area contributed by atoms with Gasteiger partial charge in [-0.25, -0.2) is 23.1 Å². The topological polar surface area (TPSA) is 90.4 Å². The van der Waals surface area contributed by atoms with Crippen molar-refractivity contribution >= 4 is 42.3 Å². The van der Waals surface area contributed by atoms with Crippen molar-refractivity contribution in [3.63, 3.8) is 0 Å². The number of rotatable bonds is 1. The van der Waals surface area contributed by atoms with Gasteiger partial charge >= 0.3 is 0 Å². The summed E-state index contributed by atoms with van der Waals surface area (Å²) in [6.07, 6.45) is 1.27. The summed E-state index contributed by atoms with van der Waals surface area (Å²) in [6.45, 7) is 0. The van der Waals surface area contributed by atoms with Crippen LogP contribution in [0.15, 0.2) is 15.1 Å². The molecule has 0 aliphatic carbocycles. The van der Waals surface area contributed by atoms with E-state index in [4.69, 9.17) is 5.14 Å². The Kier molecular flexibility index (Phi) is 1.91. The van der Waals surface area contributed by atoms with Gasteiger partial charge in [-0.15, -0.1) is 5.10 Å².